The molecule has 3 saturated heterocycles. The van der Waals surface area contributed by atoms with Gasteiger partial charge in [-0.15, -0.1) is 0 Å². The van der Waals surface area contributed by atoms with Crippen LogP contribution in [0, 0.1) is 12.8 Å². The van der Waals surface area contributed by atoms with E-state index >= 15 is 0 Å². The number of hydrogen-bond acceptors (Lipinski definition) is 3. The van der Waals surface area contributed by atoms with E-state index in [0.29, 0.717) is 24.3 Å². The SMILES string of the molecule is Cc1cc(C(=O)N2C[C@H]3CC[C@@H](C2)N(C)C3=O)cc(=O)[nH]1. The van der Waals surface area contributed by atoms with E-state index in [9.17, 15) is 14.4 Å². The van der Waals surface area contributed by atoms with Crippen molar-refractivity contribution in [3.05, 3.63) is 33.7 Å². The number of hydrogen-bond donors (Lipinski definition) is 1. The van der Waals surface area contributed by atoms with Crippen molar-refractivity contribution in [2.75, 3.05) is 20.1 Å². The number of aryl methyl sites for hydroxylation is 1. The predicted octanol–water partition coefficient (Wildman–Crippen LogP) is 0.376. The lowest BCUT2D eigenvalue weighted by atomic mass is 9.95. The quantitative estimate of drug-likeness (QED) is 0.812. The number of aromatic amines is 1. The van der Waals surface area contributed by atoms with Crippen LogP contribution in [0.2, 0.25) is 0 Å². The molecule has 112 valence electrons. The third-order valence-electron chi connectivity index (χ3n) is 4.48. The normalized spacial score (nSPS) is 25.1. The summed E-state index contributed by atoms with van der Waals surface area (Å²) in [6.07, 6.45) is 1.77. The number of carbonyl (C=O) groups is 2. The Balaban J connectivity index is 1.89. The third kappa shape index (κ3) is 2.46. The van der Waals surface area contributed by atoms with Gasteiger partial charge in [0, 0.05) is 43.5 Å². The summed E-state index contributed by atoms with van der Waals surface area (Å²) in [4.78, 5) is 42.4. The fraction of sp³-hybridized carbons (Fsp3) is 0.533. The van der Waals surface area contributed by atoms with Gasteiger partial charge in [-0.3, -0.25) is 14.4 Å². The van der Waals surface area contributed by atoms with E-state index in [-0.39, 0.29) is 29.3 Å². The average Bonchev–Trinajstić information content (AvgIpc) is 2.71. The first-order chi connectivity index (χ1) is 9.95. The van der Waals surface area contributed by atoms with Crippen molar-refractivity contribution in [2.24, 2.45) is 5.92 Å². The number of fused-ring (bicyclic) bond motifs is 4. The van der Waals surface area contributed by atoms with Crippen molar-refractivity contribution in [1.82, 2.24) is 14.8 Å². The Morgan fingerprint density at radius 2 is 2.00 bits per heavy atom. The van der Waals surface area contributed by atoms with Gasteiger partial charge >= 0.3 is 0 Å². The number of nitrogens with one attached hydrogen (secondary N) is 1. The standard InChI is InChI=1S/C15H19N3O3/c1-9-5-11(6-13(19)16-9)15(21)18-7-10-3-4-12(8-18)17(2)14(10)20/h5-6,10,12H,3-4,7-8H2,1-2H3,(H,16,19)/t10-,12+/m1/s1. The molecule has 2 bridgehead atoms. The Labute approximate surface area is 122 Å². The number of amides is 2. The van der Waals surface area contributed by atoms with Gasteiger partial charge < -0.3 is 14.8 Å². The fourth-order valence-corrected chi connectivity index (χ4v) is 3.31. The summed E-state index contributed by atoms with van der Waals surface area (Å²) in [5, 5.41) is 0. The number of rotatable bonds is 1. The summed E-state index contributed by atoms with van der Waals surface area (Å²) >= 11 is 0. The van der Waals surface area contributed by atoms with Crippen molar-refractivity contribution in [3.63, 3.8) is 0 Å². The Morgan fingerprint density at radius 1 is 1.24 bits per heavy atom. The first kappa shape index (κ1) is 13.9. The van der Waals surface area contributed by atoms with Crippen LogP contribution in [0.25, 0.3) is 0 Å². The minimum absolute atomic E-state index is 0.0864. The van der Waals surface area contributed by atoms with E-state index in [1.54, 1.807) is 22.8 Å². The second-order valence-corrected chi connectivity index (χ2v) is 6.00. The maximum Gasteiger partial charge on any atom is 0.254 e. The van der Waals surface area contributed by atoms with E-state index in [1.807, 2.05) is 7.05 Å². The van der Waals surface area contributed by atoms with Crippen LogP contribution in [-0.4, -0.2) is 52.8 Å². The van der Waals surface area contributed by atoms with E-state index in [4.69, 9.17) is 0 Å². The minimum Gasteiger partial charge on any atom is -0.341 e. The Kier molecular flexibility index (Phi) is 3.31. The van der Waals surface area contributed by atoms with Gasteiger partial charge in [0.25, 0.3) is 5.91 Å². The van der Waals surface area contributed by atoms with Crippen LogP contribution < -0.4 is 5.56 Å². The molecule has 0 radical (unpaired) electrons. The molecule has 4 rings (SSSR count). The highest BCUT2D eigenvalue weighted by Crippen LogP contribution is 2.28. The van der Waals surface area contributed by atoms with Crippen LogP contribution in [0.1, 0.15) is 28.9 Å². The van der Waals surface area contributed by atoms with Crippen LogP contribution in [0.3, 0.4) is 0 Å². The van der Waals surface area contributed by atoms with Crippen molar-refractivity contribution >= 4 is 11.8 Å². The fourth-order valence-electron chi connectivity index (χ4n) is 3.31. The van der Waals surface area contributed by atoms with Crippen molar-refractivity contribution in [2.45, 2.75) is 25.8 Å². The summed E-state index contributed by atoms with van der Waals surface area (Å²) in [5.74, 6) is -0.145. The molecule has 1 N–H and O–H groups in total. The molecule has 21 heavy (non-hydrogen) atoms. The summed E-state index contributed by atoms with van der Waals surface area (Å²) in [6, 6.07) is 3.10. The molecular weight excluding hydrogens is 270 g/mol. The lowest BCUT2D eigenvalue weighted by Gasteiger charge is -2.32. The molecule has 0 aliphatic carbocycles. The summed E-state index contributed by atoms with van der Waals surface area (Å²) in [7, 11) is 1.81. The third-order valence-corrected chi connectivity index (χ3v) is 4.48. The van der Waals surface area contributed by atoms with E-state index in [2.05, 4.69) is 4.98 Å². The molecule has 0 unspecified atom stereocenters. The molecule has 3 aliphatic rings. The maximum atomic E-state index is 12.6. The van der Waals surface area contributed by atoms with Crippen LogP contribution in [0.4, 0.5) is 0 Å². The number of piperidine rings is 1. The predicted molar refractivity (Wildman–Crippen MR) is 77.0 cm³/mol. The molecule has 3 fully saturated rings. The van der Waals surface area contributed by atoms with Gasteiger partial charge in [0.2, 0.25) is 11.5 Å². The van der Waals surface area contributed by atoms with Crippen LogP contribution >= 0.6 is 0 Å². The summed E-state index contributed by atoms with van der Waals surface area (Å²) in [6.45, 7) is 2.75. The van der Waals surface area contributed by atoms with Crippen LogP contribution in [0.5, 0.6) is 0 Å². The van der Waals surface area contributed by atoms with Gasteiger partial charge in [-0.05, 0) is 25.8 Å². The zero-order chi connectivity index (χ0) is 15.1. The summed E-state index contributed by atoms with van der Waals surface area (Å²) in [5.41, 5.74) is 0.786. The van der Waals surface area contributed by atoms with E-state index in [0.717, 1.165) is 12.8 Å². The lowest BCUT2D eigenvalue weighted by Crippen LogP contribution is -2.45. The summed E-state index contributed by atoms with van der Waals surface area (Å²) < 4.78 is 0. The van der Waals surface area contributed by atoms with Crippen LogP contribution in [0.15, 0.2) is 16.9 Å². The molecule has 0 aromatic carbocycles. The highest BCUT2D eigenvalue weighted by Gasteiger charge is 2.40. The highest BCUT2D eigenvalue weighted by atomic mass is 16.2. The average molecular weight is 289 g/mol. The second-order valence-electron chi connectivity index (χ2n) is 6.00. The molecule has 6 nitrogen and oxygen atoms in total. The number of aromatic nitrogens is 1. The molecule has 0 saturated carbocycles. The number of likely N-dealkylation sites (N-methyl/N-ethyl adjacent to an activating group) is 1. The van der Waals surface area contributed by atoms with Gasteiger partial charge in [0.1, 0.15) is 0 Å². The van der Waals surface area contributed by atoms with Gasteiger partial charge in [0.05, 0.1) is 5.92 Å². The first-order valence-electron chi connectivity index (χ1n) is 7.22. The molecule has 0 spiro atoms. The lowest BCUT2D eigenvalue weighted by molar-refractivity contribution is -0.138. The number of H-pyrrole nitrogens is 1. The monoisotopic (exact) mass is 289 g/mol. The molecule has 4 heterocycles. The molecular formula is C15H19N3O3. The number of carbonyl (C=O) groups excluding carboxylic acids is 2. The smallest absolute Gasteiger partial charge is 0.254 e. The largest absolute Gasteiger partial charge is 0.341 e. The van der Waals surface area contributed by atoms with E-state index in [1.165, 1.54) is 6.07 Å². The molecule has 2 amide bonds. The number of nitrogens with zero attached hydrogens (tertiary/aromatic N) is 2. The minimum atomic E-state index is -0.274. The molecule has 6 heteroatoms. The Morgan fingerprint density at radius 3 is 2.71 bits per heavy atom. The van der Waals surface area contributed by atoms with Gasteiger partial charge in [0.15, 0.2) is 0 Å². The number of pyridine rings is 1. The molecule has 1 aromatic rings. The van der Waals surface area contributed by atoms with Gasteiger partial charge in [-0.2, -0.15) is 0 Å². The second kappa shape index (κ2) is 5.02. The maximum absolute atomic E-state index is 12.6. The Hall–Kier alpha value is -2.11. The van der Waals surface area contributed by atoms with Crippen molar-refractivity contribution in [1.29, 1.82) is 0 Å². The van der Waals surface area contributed by atoms with E-state index < -0.39 is 0 Å². The van der Waals surface area contributed by atoms with Crippen molar-refractivity contribution < 1.29 is 9.59 Å². The van der Waals surface area contributed by atoms with Crippen molar-refractivity contribution in [3.8, 4) is 0 Å². The van der Waals surface area contributed by atoms with Gasteiger partial charge in [-0.1, -0.05) is 0 Å². The Bertz CT molecular complexity index is 652. The molecule has 2 atom stereocenters. The molecule has 3 aliphatic heterocycles. The topological polar surface area (TPSA) is 73.5 Å². The van der Waals surface area contributed by atoms with Crippen LogP contribution in [-0.2, 0) is 4.79 Å². The highest BCUT2D eigenvalue weighted by molar-refractivity contribution is 5.95. The molecule has 1 aromatic heterocycles. The van der Waals surface area contributed by atoms with Gasteiger partial charge in [-0.25, -0.2) is 0 Å². The first-order valence-corrected chi connectivity index (χ1v) is 7.22. The zero-order valence-corrected chi connectivity index (χ0v) is 12.3. The zero-order valence-electron chi connectivity index (χ0n) is 12.3.